The van der Waals surface area contributed by atoms with Gasteiger partial charge < -0.3 is 21.1 Å². The van der Waals surface area contributed by atoms with Crippen LogP contribution in [0.2, 0.25) is 0 Å². The number of hydrogen-bond acceptors (Lipinski definition) is 6. The molecule has 0 aliphatic heterocycles. The number of ether oxygens (including phenoxy) is 1. The number of nitrogens with zero attached hydrogens (tertiary/aromatic N) is 1. The summed E-state index contributed by atoms with van der Waals surface area (Å²) in [6.07, 6.45) is 0.0448. The molecule has 1 amide bonds. The van der Waals surface area contributed by atoms with Crippen LogP contribution in [0.5, 0.6) is 5.88 Å². The van der Waals surface area contributed by atoms with E-state index >= 15 is 0 Å². The summed E-state index contributed by atoms with van der Waals surface area (Å²) in [6, 6.07) is 21.7. The largest absolute Gasteiger partial charge is 0.463 e. The van der Waals surface area contributed by atoms with E-state index in [9.17, 15) is 4.79 Å². The van der Waals surface area contributed by atoms with Gasteiger partial charge in [-0.3, -0.25) is 4.79 Å². The number of carbonyl (C=O) groups excluding carboxylic acids is 1. The van der Waals surface area contributed by atoms with Gasteiger partial charge in [0, 0.05) is 30.4 Å². The van der Waals surface area contributed by atoms with Crippen molar-refractivity contribution in [3.05, 3.63) is 77.9 Å². The van der Waals surface area contributed by atoms with E-state index in [2.05, 4.69) is 23.3 Å². The van der Waals surface area contributed by atoms with Crippen LogP contribution in [0.3, 0.4) is 0 Å². The van der Waals surface area contributed by atoms with E-state index in [4.69, 9.17) is 15.5 Å². The zero-order chi connectivity index (χ0) is 23.6. The first-order valence-corrected chi connectivity index (χ1v) is 11.8. The minimum atomic E-state index is -0.715. The molecule has 0 fully saturated rings. The number of aryl methyl sites for hydroxylation is 1. The van der Waals surface area contributed by atoms with Gasteiger partial charge in [0.25, 0.3) is 5.91 Å². The highest BCUT2D eigenvalue weighted by molar-refractivity contribution is 7.80. The second-order valence-corrected chi connectivity index (χ2v) is 8.34. The van der Waals surface area contributed by atoms with Gasteiger partial charge in [-0.15, -0.1) is 0 Å². The molecule has 0 saturated carbocycles. The fourth-order valence-corrected chi connectivity index (χ4v) is 3.46. The highest BCUT2D eigenvalue weighted by Gasteiger charge is 2.18. The highest BCUT2D eigenvalue weighted by atomic mass is 32.1. The fourth-order valence-electron chi connectivity index (χ4n) is 3.27. The van der Waals surface area contributed by atoms with Crippen LogP contribution in [0, 0.1) is 6.92 Å². The van der Waals surface area contributed by atoms with Crippen molar-refractivity contribution in [2.45, 2.75) is 39.0 Å². The van der Waals surface area contributed by atoms with Crippen LogP contribution in [-0.2, 0) is 11.3 Å². The first kappa shape index (κ1) is 24.6. The number of hydrogen-bond donors (Lipinski definition) is 4. The normalized spacial score (nSPS) is 12.6. The number of rotatable bonds is 11. The highest BCUT2D eigenvalue weighted by Crippen LogP contribution is 2.28. The molecule has 0 bridgehead atoms. The zero-order valence-corrected chi connectivity index (χ0v) is 20.0. The summed E-state index contributed by atoms with van der Waals surface area (Å²) in [7, 11) is 0. The molecule has 0 spiro atoms. The maximum atomic E-state index is 12.7. The molecular formula is C26H32N4O2S. The Labute approximate surface area is 201 Å². The summed E-state index contributed by atoms with van der Waals surface area (Å²) in [5.74, 6) is 0.802. The number of aromatic nitrogens is 1. The Morgan fingerprint density at radius 3 is 2.55 bits per heavy atom. The third kappa shape index (κ3) is 7.23. The summed E-state index contributed by atoms with van der Waals surface area (Å²) in [5, 5.41) is 6.29. The molecule has 0 saturated heterocycles. The van der Waals surface area contributed by atoms with Gasteiger partial charge >= 0.3 is 0 Å². The van der Waals surface area contributed by atoms with Crippen LogP contribution in [0.1, 0.15) is 24.5 Å². The van der Waals surface area contributed by atoms with Crippen molar-refractivity contribution in [1.82, 2.24) is 10.3 Å². The Balaban J connectivity index is 1.73. The van der Waals surface area contributed by atoms with E-state index in [1.807, 2.05) is 73.7 Å². The fraction of sp³-hybridized carbons (Fsp3) is 0.308. The lowest BCUT2D eigenvalue weighted by atomic mass is 10.1. The van der Waals surface area contributed by atoms with Gasteiger partial charge in [0.15, 0.2) is 6.10 Å². The van der Waals surface area contributed by atoms with Gasteiger partial charge in [-0.2, -0.15) is 12.6 Å². The van der Waals surface area contributed by atoms with Gasteiger partial charge in [0.05, 0.1) is 11.4 Å². The lowest BCUT2D eigenvalue weighted by Crippen LogP contribution is -2.36. The summed E-state index contributed by atoms with van der Waals surface area (Å²) < 4.78 is 6.04. The Hall–Kier alpha value is -3.03. The number of nitrogens with one attached hydrogen (secondary N) is 2. The maximum Gasteiger partial charge on any atom is 0.261 e. The molecule has 2 atom stereocenters. The smallest absolute Gasteiger partial charge is 0.261 e. The first-order valence-electron chi connectivity index (χ1n) is 11.1. The van der Waals surface area contributed by atoms with Crippen LogP contribution >= 0.6 is 12.6 Å². The summed E-state index contributed by atoms with van der Waals surface area (Å²) in [5.41, 5.74) is 10.6. The molecule has 1 unspecified atom stereocenters. The van der Waals surface area contributed by atoms with Crippen LogP contribution in [0.4, 0.5) is 5.69 Å². The van der Waals surface area contributed by atoms with Crippen LogP contribution in [-0.4, -0.2) is 35.3 Å². The molecule has 3 rings (SSSR count). The van der Waals surface area contributed by atoms with Gasteiger partial charge in [0.1, 0.15) is 0 Å². The van der Waals surface area contributed by atoms with Crippen molar-refractivity contribution in [2.75, 3.05) is 17.6 Å². The van der Waals surface area contributed by atoms with E-state index in [1.165, 1.54) is 0 Å². The van der Waals surface area contributed by atoms with Crippen LogP contribution < -0.4 is 21.1 Å². The predicted molar refractivity (Wildman–Crippen MR) is 138 cm³/mol. The average Bonchev–Trinajstić information content (AvgIpc) is 2.84. The molecule has 0 radical (unpaired) electrons. The molecule has 174 valence electrons. The number of anilines is 1. The Morgan fingerprint density at radius 1 is 1.09 bits per heavy atom. The Kier molecular flexibility index (Phi) is 9.15. The molecule has 6 nitrogen and oxygen atoms in total. The van der Waals surface area contributed by atoms with Crippen LogP contribution in [0.15, 0.2) is 66.7 Å². The lowest BCUT2D eigenvalue weighted by molar-refractivity contribution is -0.127. The molecule has 1 heterocycles. The quantitative estimate of drug-likeness (QED) is 0.320. The van der Waals surface area contributed by atoms with E-state index in [0.717, 1.165) is 34.5 Å². The standard InChI is InChI=1S/C26H32N4O2S/c1-18-8-6-7-11-21(18)16-29-25(31)19(2)32-26-24(28-15-14-22(27)17-33)13-12-23(30-26)20-9-4-3-5-10-20/h3-13,19,22,28,33H,14-17,27H2,1-2H3,(H,29,31)/t19-,22?/m1/s1. The van der Waals surface area contributed by atoms with E-state index in [0.29, 0.717) is 24.7 Å². The number of benzene rings is 2. The number of amides is 1. The number of nitrogens with two attached hydrogens (primary N) is 1. The van der Waals surface area contributed by atoms with Gasteiger partial charge in [-0.05, 0) is 43.5 Å². The predicted octanol–water partition coefficient (Wildman–Crippen LogP) is 4.20. The lowest BCUT2D eigenvalue weighted by Gasteiger charge is -2.19. The third-order valence-electron chi connectivity index (χ3n) is 5.37. The number of pyridine rings is 1. The Morgan fingerprint density at radius 2 is 1.82 bits per heavy atom. The Bertz CT molecular complexity index is 1050. The second kappa shape index (κ2) is 12.3. The SMILES string of the molecule is Cc1ccccc1CNC(=O)[C@@H](C)Oc1nc(-c2ccccc2)ccc1NCCC(N)CS. The van der Waals surface area contributed by atoms with Gasteiger partial charge in [0.2, 0.25) is 5.88 Å². The summed E-state index contributed by atoms with van der Waals surface area (Å²) in [6.45, 7) is 4.85. The van der Waals surface area contributed by atoms with Crippen molar-refractivity contribution in [1.29, 1.82) is 0 Å². The van der Waals surface area contributed by atoms with Crippen molar-refractivity contribution in [3.8, 4) is 17.1 Å². The van der Waals surface area contributed by atoms with E-state index < -0.39 is 6.10 Å². The van der Waals surface area contributed by atoms with Crippen molar-refractivity contribution < 1.29 is 9.53 Å². The molecular weight excluding hydrogens is 432 g/mol. The molecule has 7 heteroatoms. The molecule has 1 aromatic heterocycles. The zero-order valence-electron chi connectivity index (χ0n) is 19.1. The molecule has 0 aliphatic carbocycles. The number of thiol groups is 1. The minimum Gasteiger partial charge on any atom is -0.463 e. The topological polar surface area (TPSA) is 89.3 Å². The number of carbonyl (C=O) groups is 1. The van der Waals surface area contributed by atoms with Crippen LogP contribution in [0.25, 0.3) is 11.3 Å². The van der Waals surface area contributed by atoms with Gasteiger partial charge in [-0.1, -0.05) is 54.6 Å². The molecule has 4 N–H and O–H groups in total. The van der Waals surface area contributed by atoms with Gasteiger partial charge in [-0.25, -0.2) is 4.98 Å². The monoisotopic (exact) mass is 464 g/mol. The molecule has 33 heavy (non-hydrogen) atoms. The van der Waals surface area contributed by atoms with Crippen molar-refractivity contribution >= 4 is 24.2 Å². The van der Waals surface area contributed by atoms with Crippen molar-refractivity contribution in [3.63, 3.8) is 0 Å². The van der Waals surface area contributed by atoms with E-state index in [1.54, 1.807) is 6.92 Å². The third-order valence-corrected chi connectivity index (χ3v) is 5.84. The molecule has 3 aromatic rings. The van der Waals surface area contributed by atoms with E-state index in [-0.39, 0.29) is 11.9 Å². The second-order valence-electron chi connectivity index (χ2n) is 7.98. The molecule has 0 aliphatic rings. The molecule has 2 aromatic carbocycles. The summed E-state index contributed by atoms with van der Waals surface area (Å²) in [4.78, 5) is 17.4. The minimum absolute atomic E-state index is 0.00731. The van der Waals surface area contributed by atoms with Crippen molar-refractivity contribution in [2.24, 2.45) is 5.73 Å². The maximum absolute atomic E-state index is 12.7. The first-order chi connectivity index (χ1) is 16.0. The summed E-state index contributed by atoms with van der Waals surface area (Å²) >= 11 is 4.24. The average molecular weight is 465 g/mol.